The predicted molar refractivity (Wildman–Crippen MR) is 67.1 cm³/mol. The van der Waals surface area contributed by atoms with Crippen molar-refractivity contribution in [2.45, 2.75) is 6.54 Å². The molecular formula is C12H9BrFNO3. The molecule has 0 aliphatic heterocycles. The molecule has 0 saturated carbocycles. The quantitative estimate of drug-likeness (QED) is 0.907. The normalized spacial score (nSPS) is 10.3. The summed E-state index contributed by atoms with van der Waals surface area (Å²) in [5.41, 5.74) is 0.661. The maximum atomic E-state index is 13.0. The van der Waals surface area contributed by atoms with Crippen molar-refractivity contribution in [3.05, 3.63) is 52.1 Å². The van der Waals surface area contributed by atoms with Gasteiger partial charge in [0.2, 0.25) is 0 Å². The van der Waals surface area contributed by atoms with Crippen molar-refractivity contribution < 1.29 is 18.7 Å². The summed E-state index contributed by atoms with van der Waals surface area (Å²) in [6, 6.07) is 5.68. The van der Waals surface area contributed by atoms with Gasteiger partial charge in [-0.3, -0.25) is 0 Å². The minimum absolute atomic E-state index is 0.0881. The Morgan fingerprint density at radius 1 is 1.44 bits per heavy atom. The first kappa shape index (κ1) is 12.6. The molecule has 2 rings (SSSR count). The summed E-state index contributed by atoms with van der Waals surface area (Å²) in [6.45, 7) is 0.273. The van der Waals surface area contributed by atoms with Crippen LogP contribution in [0.4, 0.5) is 10.1 Å². The van der Waals surface area contributed by atoms with E-state index in [1.165, 1.54) is 24.5 Å². The van der Waals surface area contributed by atoms with Gasteiger partial charge in [-0.2, -0.15) is 0 Å². The van der Waals surface area contributed by atoms with Crippen molar-refractivity contribution >= 4 is 27.6 Å². The second-order valence-electron chi connectivity index (χ2n) is 3.58. The maximum absolute atomic E-state index is 13.0. The summed E-state index contributed by atoms with van der Waals surface area (Å²) in [4.78, 5) is 10.6. The number of hydrogen-bond donors (Lipinski definition) is 2. The molecule has 0 saturated heterocycles. The Bertz CT molecular complexity index is 582. The van der Waals surface area contributed by atoms with Gasteiger partial charge in [0, 0.05) is 4.47 Å². The standard InChI is InChI=1S/C12H9BrFNO3/c13-10-2-1-8(14)4-11(10)15-5-9-3-7(6-18-9)12(16)17/h1-4,6,15H,5H2,(H,16,17). The number of carboxylic acids is 1. The van der Waals surface area contributed by atoms with Gasteiger partial charge in [0.1, 0.15) is 17.8 Å². The first-order chi connectivity index (χ1) is 8.56. The third-order valence-corrected chi connectivity index (χ3v) is 2.97. The summed E-state index contributed by atoms with van der Waals surface area (Å²) in [7, 11) is 0. The van der Waals surface area contributed by atoms with E-state index < -0.39 is 5.97 Å². The zero-order chi connectivity index (χ0) is 13.1. The van der Waals surface area contributed by atoms with E-state index >= 15 is 0 Å². The van der Waals surface area contributed by atoms with Crippen LogP contribution in [0.15, 0.2) is 39.4 Å². The molecule has 0 aliphatic rings. The smallest absolute Gasteiger partial charge is 0.338 e. The van der Waals surface area contributed by atoms with Gasteiger partial charge in [0.25, 0.3) is 0 Å². The fraction of sp³-hybridized carbons (Fsp3) is 0.0833. The van der Waals surface area contributed by atoms with Crippen LogP contribution in [0, 0.1) is 5.82 Å². The fourth-order valence-corrected chi connectivity index (χ4v) is 1.79. The molecule has 0 fully saturated rings. The van der Waals surface area contributed by atoms with Crippen LogP contribution in [0.2, 0.25) is 0 Å². The number of carbonyl (C=O) groups is 1. The molecule has 0 radical (unpaired) electrons. The van der Waals surface area contributed by atoms with Gasteiger partial charge in [-0.1, -0.05) is 0 Å². The van der Waals surface area contributed by atoms with E-state index in [9.17, 15) is 9.18 Å². The number of anilines is 1. The summed E-state index contributed by atoms with van der Waals surface area (Å²) in [5.74, 6) is -0.938. The van der Waals surface area contributed by atoms with Crippen molar-refractivity contribution in [1.82, 2.24) is 0 Å². The molecule has 0 bridgehead atoms. The van der Waals surface area contributed by atoms with Crippen molar-refractivity contribution in [3.8, 4) is 0 Å². The Kier molecular flexibility index (Phi) is 3.66. The van der Waals surface area contributed by atoms with Crippen LogP contribution < -0.4 is 5.32 Å². The number of aromatic carboxylic acids is 1. The summed E-state index contributed by atoms with van der Waals surface area (Å²) >= 11 is 3.28. The number of nitrogens with one attached hydrogen (secondary N) is 1. The van der Waals surface area contributed by atoms with Gasteiger partial charge in [0.15, 0.2) is 0 Å². The number of benzene rings is 1. The minimum atomic E-state index is -1.04. The average molecular weight is 314 g/mol. The van der Waals surface area contributed by atoms with Crippen molar-refractivity contribution in [2.24, 2.45) is 0 Å². The molecule has 4 nitrogen and oxygen atoms in total. The molecule has 2 N–H and O–H groups in total. The third kappa shape index (κ3) is 2.89. The van der Waals surface area contributed by atoms with Gasteiger partial charge in [0.05, 0.1) is 17.8 Å². The maximum Gasteiger partial charge on any atom is 0.338 e. The second kappa shape index (κ2) is 5.22. The highest BCUT2D eigenvalue weighted by Gasteiger charge is 2.08. The van der Waals surface area contributed by atoms with Gasteiger partial charge in [-0.05, 0) is 40.2 Å². The van der Waals surface area contributed by atoms with Crippen LogP contribution in [-0.2, 0) is 6.54 Å². The molecule has 0 unspecified atom stereocenters. The molecular weight excluding hydrogens is 305 g/mol. The molecule has 0 aliphatic carbocycles. The van der Waals surface area contributed by atoms with Crippen LogP contribution in [0.25, 0.3) is 0 Å². The van der Waals surface area contributed by atoms with E-state index in [0.717, 1.165) is 0 Å². The van der Waals surface area contributed by atoms with Crippen LogP contribution in [0.1, 0.15) is 16.1 Å². The van der Waals surface area contributed by atoms with E-state index in [0.29, 0.717) is 15.9 Å². The molecule has 1 aromatic carbocycles. The van der Waals surface area contributed by atoms with Crippen molar-refractivity contribution in [2.75, 3.05) is 5.32 Å². The predicted octanol–water partition coefficient (Wildman–Crippen LogP) is 3.49. The zero-order valence-corrected chi connectivity index (χ0v) is 10.7. The minimum Gasteiger partial charge on any atom is -0.478 e. The van der Waals surface area contributed by atoms with Crippen LogP contribution in [-0.4, -0.2) is 11.1 Å². The number of hydrogen-bond acceptors (Lipinski definition) is 3. The lowest BCUT2D eigenvalue weighted by atomic mass is 10.3. The van der Waals surface area contributed by atoms with E-state index in [4.69, 9.17) is 9.52 Å². The summed E-state index contributed by atoms with van der Waals surface area (Å²) in [5, 5.41) is 11.7. The number of carboxylic acid groups (broad SMARTS) is 1. The van der Waals surface area contributed by atoms with Gasteiger partial charge in [-0.15, -0.1) is 0 Å². The van der Waals surface area contributed by atoms with Crippen LogP contribution in [0.3, 0.4) is 0 Å². The first-order valence-corrected chi connectivity index (χ1v) is 5.85. The highest BCUT2D eigenvalue weighted by Crippen LogP contribution is 2.23. The van der Waals surface area contributed by atoms with E-state index in [2.05, 4.69) is 21.2 Å². The van der Waals surface area contributed by atoms with Crippen molar-refractivity contribution in [1.29, 1.82) is 0 Å². The van der Waals surface area contributed by atoms with Gasteiger partial charge >= 0.3 is 5.97 Å². The molecule has 2 aromatic rings. The summed E-state index contributed by atoms with van der Waals surface area (Å²) in [6.07, 6.45) is 1.17. The van der Waals surface area contributed by atoms with Gasteiger partial charge in [-0.25, -0.2) is 9.18 Å². The Morgan fingerprint density at radius 2 is 2.22 bits per heavy atom. The van der Waals surface area contributed by atoms with Crippen LogP contribution >= 0.6 is 15.9 Å². The topological polar surface area (TPSA) is 62.5 Å². The zero-order valence-electron chi connectivity index (χ0n) is 9.11. The van der Waals surface area contributed by atoms with E-state index in [1.807, 2.05) is 0 Å². The lowest BCUT2D eigenvalue weighted by molar-refractivity contribution is 0.0696. The Labute approximate surface area is 111 Å². The Balaban J connectivity index is 2.06. The highest BCUT2D eigenvalue weighted by molar-refractivity contribution is 9.10. The molecule has 0 spiro atoms. The molecule has 1 aromatic heterocycles. The molecule has 0 amide bonds. The SMILES string of the molecule is O=C(O)c1coc(CNc2cc(F)ccc2Br)c1. The highest BCUT2D eigenvalue weighted by atomic mass is 79.9. The number of rotatable bonds is 4. The lowest BCUT2D eigenvalue weighted by Crippen LogP contribution is -1.99. The second-order valence-corrected chi connectivity index (χ2v) is 4.44. The van der Waals surface area contributed by atoms with E-state index in [1.54, 1.807) is 6.07 Å². The monoisotopic (exact) mass is 313 g/mol. The first-order valence-electron chi connectivity index (χ1n) is 5.06. The van der Waals surface area contributed by atoms with E-state index in [-0.39, 0.29) is 17.9 Å². The van der Waals surface area contributed by atoms with Gasteiger partial charge < -0.3 is 14.8 Å². The summed E-state index contributed by atoms with van der Waals surface area (Å²) < 4.78 is 18.8. The molecule has 0 atom stereocenters. The molecule has 18 heavy (non-hydrogen) atoms. The number of furan rings is 1. The fourth-order valence-electron chi connectivity index (χ4n) is 1.40. The molecule has 94 valence electrons. The van der Waals surface area contributed by atoms with Crippen LogP contribution in [0.5, 0.6) is 0 Å². The molecule has 1 heterocycles. The Hall–Kier alpha value is -1.82. The van der Waals surface area contributed by atoms with Crippen molar-refractivity contribution in [3.63, 3.8) is 0 Å². The Morgan fingerprint density at radius 3 is 2.89 bits per heavy atom. The number of halogens is 2. The third-order valence-electron chi connectivity index (χ3n) is 2.28. The average Bonchev–Trinajstić information content (AvgIpc) is 2.79. The lowest BCUT2D eigenvalue weighted by Gasteiger charge is -2.06. The molecule has 6 heteroatoms. The largest absolute Gasteiger partial charge is 0.478 e.